The molecule has 7 nitrogen and oxygen atoms in total. The van der Waals surface area contributed by atoms with E-state index < -0.39 is 6.04 Å². The third-order valence-corrected chi connectivity index (χ3v) is 6.73. The van der Waals surface area contributed by atoms with Crippen LogP contribution in [-0.4, -0.2) is 42.9 Å². The van der Waals surface area contributed by atoms with Gasteiger partial charge in [0.15, 0.2) is 19.0 Å². The summed E-state index contributed by atoms with van der Waals surface area (Å²) in [5.74, 6) is 0.377. The van der Waals surface area contributed by atoms with Crippen molar-refractivity contribution >= 4 is 23.3 Å². The zero-order chi connectivity index (χ0) is 24.2. The SMILES string of the molecule is Cc1ccc(OCC(=O)c2ccc3c(c2)N(C(C)C(=O)NC2CCCCC2)C(=O)CO3)cc1C. The molecule has 2 aromatic rings. The van der Waals surface area contributed by atoms with Gasteiger partial charge in [0.25, 0.3) is 5.91 Å². The molecule has 2 aromatic carbocycles. The molecule has 2 aliphatic rings. The molecule has 1 fully saturated rings. The van der Waals surface area contributed by atoms with Crippen molar-refractivity contribution in [2.24, 2.45) is 0 Å². The summed E-state index contributed by atoms with van der Waals surface area (Å²) >= 11 is 0. The van der Waals surface area contributed by atoms with E-state index in [4.69, 9.17) is 9.47 Å². The van der Waals surface area contributed by atoms with Gasteiger partial charge in [0, 0.05) is 11.6 Å². The Balaban J connectivity index is 1.49. The van der Waals surface area contributed by atoms with E-state index in [9.17, 15) is 14.4 Å². The Morgan fingerprint density at radius 3 is 2.59 bits per heavy atom. The average molecular weight is 465 g/mol. The molecule has 2 amide bonds. The smallest absolute Gasteiger partial charge is 0.265 e. The standard InChI is InChI=1S/C27H32N2O5/c1-17-9-11-22(13-18(17)2)33-15-24(30)20-10-12-25-23(14-20)29(26(31)16-34-25)19(3)27(32)28-21-7-5-4-6-8-21/h9-14,19,21H,4-8,15-16H2,1-3H3,(H,28,32). The van der Waals surface area contributed by atoms with Gasteiger partial charge >= 0.3 is 0 Å². The molecule has 0 saturated heterocycles. The molecule has 0 radical (unpaired) electrons. The van der Waals surface area contributed by atoms with Crippen molar-refractivity contribution in [3.63, 3.8) is 0 Å². The number of ketones is 1. The molecular weight excluding hydrogens is 432 g/mol. The Bertz CT molecular complexity index is 1090. The minimum absolute atomic E-state index is 0.131. The quantitative estimate of drug-likeness (QED) is 0.623. The van der Waals surface area contributed by atoms with Crippen LogP contribution in [-0.2, 0) is 9.59 Å². The Morgan fingerprint density at radius 1 is 1.09 bits per heavy atom. The summed E-state index contributed by atoms with van der Waals surface area (Å²) < 4.78 is 11.3. The fourth-order valence-corrected chi connectivity index (χ4v) is 4.49. The molecule has 7 heteroatoms. The minimum atomic E-state index is -0.714. The van der Waals surface area contributed by atoms with Crippen molar-refractivity contribution in [2.45, 2.75) is 65.0 Å². The van der Waals surface area contributed by atoms with Gasteiger partial charge in [-0.05, 0) is 75.1 Å². The van der Waals surface area contributed by atoms with Crippen LogP contribution in [0.15, 0.2) is 36.4 Å². The van der Waals surface area contributed by atoms with Gasteiger partial charge in [0.1, 0.15) is 17.5 Å². The van der Waals surface area contributed by atoms with Crippen molar-refractivity contribution in [1.29, 1.82) is 0 Å². The van der Waals surface area contributed by atoms with Crippen molar-refractivity contribution in [2.75, 3.05) is 18.1 Å². The second kappa shape index (κ2) is 10.3. The molecule has 1 unspecified atom stereocenters. The molecule has 1 atom stereocenters. The number of nitrogens with zero attached hydrogens (tertiary/aromatic N) is 1. The number of rotatable bonds is 7. The maximum Gasteiger partial charge on any atom is 0.265 e. The third kappa shape index (κ3) is 5.24. The number of hydrogen-bond donors (Lipinski definition) is 1. The molecule has 1 saturated carbocycles. The molecule has 0 spiro atoms. The monoisotopic (exact) mass is 464 g/mol. The summed E-state index contributed by atoms with van der Waals surface area (Å²) in [7, 11) is 0. The lowest BCUT2D eigenvalue weighted by Gasteiger charge is -2.34. The summed E-state index contributed by atoms with van der Waals surface area (Å²) in [6.07, 6.45) is 5.33. The second-order valence-electron chi connectivity index (χ2n) is 9.21. The van der Waals surface area contributed by atoms with Crippen LogP contribution in [0, 0.1) is 13.8 Å². The van der Waals surface area contributed by atoms with Crippen LogP contribution in [0.4, 0.5) is 5.69 Å². The fourth-order valence-electron chi connectivity index (χ4n) is 4.49. The normalized spacial score (nSPS) is 16.9. The van der Waals surface area contributed by atoms with Gasteiger partial charge in [-0.1, -0.05) is 25.3 Å². The lowest BCUT2D eigenvalue weighted by Crippen LogP contribution is -2.53. The first kappa shape index (κ1) is 23.8. The zero-order valence-corrected chi connectivity index (χ0v) is 20.1. The molecule has 180 valence electrons. The van der Waals surface area contributed by atoms with E-state index in [0.29, 0.717) is 22.7 Å². The predicted molar refractivity (Wildman–Crippen MR) is 130 cm³/mol. The van der Waals surface area contributed by atoms with E-state index in [0.717, 1.165) is 36.8 Å². The lowest BCUT2D eigenvalue weighted by molar-refractivity contribution is -0.128. The maximum absolute atomic E-state index is 13.0. The number of anilines is 1. The molecule has 1 aliphatic heterocycles. The van der Waals surface area contributed by atoms with E-state index >= 15 is 0 Å². The highest BCUT2D eigenvalue weighted by Gasteiger charge is 2.34. The van der Waals surface area contributed by atoms with Crippen molar-refractivity contribution in [3.8, 4) is 11.5 Å². The number of amides is 2. The van der Waals surface area contributed by atoms with Gasteiger partial charge < -0.3 is 14.8 Å². The van der Waals surface area contributed by atoms with Crippen LogP contribution >= 0.6 is 0 Å². The van der Waals surface area contributed by atoms with Crippen molar-refractivity contribution in [1.82, 2.24) is 5.32 Å². The molecule has 1 aliphatic carbocycles. The molecular formula is C27H32N2O5. The Morgan fingerprint density at radius 2 is 1.85 bits per heavy atom. The fraction of sp³-hybridized carbons (Fsp3) is 0.444. The molecule has 0 bridgehead atoms. The van der Waals surface area contributed by atoms with Crippen LogP contribution < -0.4 is 19.7 Å². The summed E-state index contributed by atoms with van der Waals surface area (Å²) in [4.78, 5) is 40.0. The number of benzene rings is 2. The topological polar surface area (TPSA) is 84.9 Å². The number of hydrogen-bond acceptors (Lipinski definition) is 5. The van der Waals surface area contributed by atoms with Crippen molar-refractivity contribution in [3.05, 3.63) is 53.1 Å². The number of Topliss-reactive ketones (excluding diaryl/α,β-unsaturated/α-hetero) is 1. The van der Waals surface area contributed by atoms with Crippen LogP contribution in [0.3, 0.4) is 0 Å². The predicted octanol–water partition coefficient (Wildman–Crippen LogP) is 4.13. The maximum atomic E-state index is 13.0. The van der Waals surface area contributed by atoms with E-state index in [2.05, 4.69) is 5.32 Å². The van der Waals surface area contributed by atoms with Gasteiger partial charge in [-0.25, -0.2) is 0 Å². The minimum Gasteiger partial charge on any atom is -0.485 e. The van der Waals surface area contributed by atoms with Crippen LogP contribution in [0.2, 0.25) is 0 Å². The Kier molecular flexibility index (Phi) is 7.20. The average Bonchev–Trinajstić information content (AvgIpc) is 2.84. The van der Waals surface area contributed by atoms with Crippen LogP contribution in [0.1, 0.15) is 60.5 Å². The Hall–Kier alpha value is -3.35. The van der Waals surface area contributed by atoms with Gasteiger partial charge in [0.2, 0.25) is 5.91 Å². The van der Waals surface area contributed by atoms with E-state index in [1.165, 1.54) is 11.3 Å². The van der Waals surface area contributed by atoms with Gasteiger partial charge in [0.05, 0.1) is 5.69 Å². The number of ether oxygens (including phenoxy) is 2. The number of carbonyl (C=O) groups excluding carboxylic acids is 3. The highest BCUT2D eigenvalue weighted by molar-refractivity contribution is 6.05. The lowest BCUT2D eigenvalue weighted by atomic mass is 9.95. The van der Waals surface area contributed by atoms with Gasteiger partial charge in [-0.3, -0.25) is 19.3 Å². The van der Waals surface area contributed by atoms with E-state index in [1.807, 2.05) is 32.0 Å². The molecule has 1 heterocycles. The highest BCUT2D eigenvalue weighted by Crippen LogP contribution is 2.35. The molecule has 4 rings (SSSR count). The Labute approximate surface area is 200 Å². The largest absolute Gasteiger partial charge is 0.485 e. The highest BCUT2D eigenvalue weighted by atomic mass is 16.5. The van der Waals surface area contributed by atoms with Crippen molar-refractivity contribution < 1.29 is 23.9 Å². The molecule has 0 aromatic heterocycles. The number of nitrogens with one attached hydrogen (secondary N) is 1. The summed E-state index contributed by atoms with van der Waals surface area (Å²) in [6.45, 7) is 5.45. The van der Waals surface area contributed by atoms with Gasteiger partial charge in [-0.15, -0.1) is 0 Å². The van der Waals surface area contributed by atoms with Gasteiger partial charge in [-0.2, -0.15) is 0 Å². The first-order valence-electron chi connectivity index (χ1n) is 12.0. The summed E-state index contributed by atoms with van der Waals surface area (Å²) in [6, 6.07) is 10.1. The summed E-state index contributed by atoms with van der Waals surface area (Å²) in [5.41, 5.74) is 3.07. The third-order valence-electron chi connectivity index (χ3n) is 6.73. The first-order chi connectivity index (χ1) is 16.3. The second-order valence-corrected chi connectivity index (χ2v) is 9.21. The molecule has 1 N–H and O–H groups in total. The van der Waals surface area contributed by atoms with E-state index in [1.54, 1.807) is 25.1 Å². The van der Waals surface area contributed by atoms with E-state index in [-0.39, 0.29) is 36.9 Å². The number of aryl methyl sites for hydroxylation is 2. The first-order valence-corrected chi connectivity index (χ1v) is 12.0. The van der Waals surface area contributed by atoms with Crippen LogP contribution in [0.5, 0.6) is 11.5 Å². The van der Waals surface area contributed by atoms with Crippen LogP contribution in [0.25, 0.3) is 0 Å². The number of carbonyl (C=O) groups is 3. The molecule has 34 heavy (non-hydrogen) atoms. The summed E-state index contributed by atoms with van der Waals surface area (Å²) in [5, 5.41) is 3.09. The number of fused-ring (bicyclic) bond motifs is 1. The zero-order valence-electron chi connectivity index (χ0n) is 20.1.